The number of alkyl halides is 3. The maximum Gasteiger partial charge on any atom is 0.416 e. The summed E-state index contributed by atoms with van der Waals surface area (Å²) in [5.41, 5.74) is -1.41. The van der Waals surface area contributed by atoms with Gasteiger partial charge in [0.2, 0.25) is 0 Å². The average Bonchev–Trinajstić information content (AvgIpc) is 2.22. The van der Waals surface area contributed by atoms with Crippen molar-refractivity contribution in [3.63, 3.8) is 0 Å². The van der Waals surface area contributed by atoms with Gasteiger partial charge in [0, 0.05) is 5.41 Å². The fourth-order valence-electron chi connectivity index (χ4n) is 2.63. The van der Waals surface area contributed by atoms with E-state index >= 15 is 0 Å². The zero-order valence-electron chi connectivity index (χ0n) is 9.63. The molecule has 2 rings (SSSR count). The standard InChI is InChI=1S/C13H13F3O2/c14-13(15,16)10-5-2-1-4-9(10)12(6-3-7-12)8-11(17)18/h1-2,4-5H,3,6-8H2,(H,17,18). The Labute approximate surface area is 102 Å². The molecule has 0 spiro atoms. The van der Waals surface area contributed by atoms with Crippen LogP contribution < -0.4 is 0 Å². The second-order valence-corrected chi connectivity index (χ2v) is 4.75. The molecule has 0 heterocycles. The molecule has 0 aliphatic heterocycles. The predicted octanol–water partition coefficient (Wildman–Crippen LogP) is 3.60. The summed E-state index contributed by atoms with van der Waals surface area (Å²) in [5, 5.41) is 8.89. The molecule has 0 saturated heterocycles. The van der Waals surface area contributed by atoms with Crippen molar-refractivity contribution in [2.75, 3.05) is 0 Å². The molecule has 1 fully saturated rings. The number of halogens is 3. The normalized spacial score (nSPS) is 18.2. The summed E-state index contributed by atoms with van der Waals surface area (Å²) in [6.07, 6.45) is -2.88. The molecule has 0 unspecified atom stereocenters. The average molecular weight is 258 g/mol. The summed E-state index contributed by atoms with van der Waals surface area (Å²) in [6, 6.07) is 5.30. The lowest BCUT2D eigenvalue weighted by Crippen LogP contribution is -2.38. The Balaban J connectivity index is 2.46. The molecular weight excluding hydrogens is 245 g/mol. The summed E-state index contributed by atoms with van der Waals surface area (Å²) in [5.74, 6) is -1.05. The monoisotopic (exact) mass is 258 g/mol. The Bertz CT molecular complexity index is 462. The summed E-state index contributed by atoms with van der Waals surface area (Å²) >= 11 is 0. The van der Waals surface area contributed by atoms with E-state index < -0.39 is 23.1 Å². The first kappa shape index (κ1) is 12.9. The molecule has 0 atom stereocenters. The minimum Gasteiger partial charge on any atom is -0.481 e. The molecule has 1 aromatic carbocycles. The molecule has 1 aliphatic rings. The van der Waals surface area contributed by atoms with E-state index in [4.69, 9.17) is 5.11 Å². The van der Waals surface area contributed by atoms with Gasteiger partial charge in [0.15, 0.2) is 0 Å². The first-order chi connectivity index (χ1) is 8.35. The predicted molar refractivity (Wildman–Crippen MR) is 59.2 cm³/mol. The lowest BCUT2D eigenvalue weighted by atomic mass is 9.61. The van der Waals surface area contributed by atoms with E-state index in [-0.39, 0.29) is 12.0 Å². The zero-order chi connectivity index (χ0) is 13.4. The van der Waals surface area contributed by atoms with Crippen LogP contribution in [0.15, 0.2) is 24.3 Å². The maximum absolute atomic E-state index is 12.9. The summed E-state index contributed by atoms with van der Waals surface area (Å²) in [7, 11) is 0. The van der Waals surface area contributed by atoms with Gasteiger partial charge in [0.1, 0.15) is 0 Å². The Kier molecular flexibility index (Phi) is 3.09. The molecule has 1 N–H and O–H groups in total. The minimum atomic E-state index is -4.43. The van der Waals surface area contributed by atoms with Crippen LogP contribution in [0.5, 0.6) is 0 Å². The van der Waals surface area contributed by atoms with Crippen molar-refractivity contribution in [3.8, 4) is 0 Å². The SMILES string of the molecule is O=C(O)CC1(c2ccccc2C(F)(F)F)CCC1. The van der Waals surface area contributed by atoms with Crippen molar-refractivity contribution in [2.45, 2.75) is 37.3 Å². The Hall–Kier alpha value is -1.52. The van der Waals surface area contributed by atoms with Gasteiger partial charge in [-0.15, -0.1) is 0 Å². The van der Waals surface area contributed by atoms with E-state index in [9.17, 15) is 18.0 Å². The number of hydrogen-bond donors (Lipinski definition) is 1. The van der Waals surface area contributed by atoms with Crippen LogP contribution in [0.25, 0.3) is 0 Å². The Morgan fingerprint density at radius 3 is 2.33 bits per heavy atom. The summed E-state index contributed by atoms with van der Waals surface area (Å²) in [6.45, 7) is 0. The molecule has 98 valence electrons. The molecule has 5 heteroatoms. The maximum atomic E-state index is 12.9. The van der Waals surface area contributed by atoms with Crippen LogP contribution in [-0.2, 0) is 16.4 Å². The second kappa shape index (κ2) is 4.30. The van der Waals surface area contributed by atoms with Crippen molar-refractivity contribution < 1.29 is 23.1 Å². The number of benzene rings is 1. The van der Waals surface area contributed by atoms with E-state index in [2.05, 4.69) is 0 Å². The lowest BCUT2D eigenvalue weighted by molar-refractivity contribution is -0.143. The molecule has 0 amide bonds. The van der Waals surface area contributed by atoms with E-state index in [0.29, 0.717) is 12.8 Å². The molecule has 0 aromatic heterocycles. The quantitative estimate of drug-likeness (QED) is 0.899. The number of carboxylic acid groups (broad SMARTS) is 1. The summed E-state index contributed by atoms with van der Waals surface area (Å²) in [4.78, 5) is 10.9. The fraction of sp³-hybridized carbons (Fsp3) is 0.462. The number of carboxylic acids is 1. The van der Waals surface area contributed by atoms with Gasteiger partial charge in [-0.1, -0.05) is 24.6 Å². The highest BCUT2D eigenvalue weighted by atomic mass is 19.4. The van der Waals surface area contributed by atoms with Crippen molar-refractivity contribution >= 4 is 5.97 Å². The lowest BCUT2D eigenvalue weighted by Gasteiger charge is -2.42. The Morgan fingerprint density at radius 1 is 1.28 bits per heavy atom. The van der Waals surface area contributed by atoms with Gasteiger partial charge in [-0.25, -0.2) is 0 Å². The third-order valence-electron chi connectivity index (χ3n) is 3.60. The number of hydrogen-bond acceptors (Lipinski definition) is 1. The molecule has 18 heavy (non-hydrogen) atoms. The van der Waals surface area contributed by atoms with Crippen LogP contribution in [-0.4, -0.2) is 11.1 Å². The molecular formula is C13H13F3O2. The first-order valence-electron chi connectivity index (χ1n) is 5.74. The van der Waals surface area contributed by atoms with Crippen molar-refractivity contribution in [1.29, 1.82) is 0 Å². The second-order valence-electron chi connectivity index (χ2n) is 4.75. The molecule has 0 radical (unpaired) electrons. The number of carbonyl (C=O) groups is 1. The Morgan fingerprint density at radius 2 is 1.89 bits per heavy atom. The van der Waals surface area contributed by atoms with Crippen molar-refractivity contribution in [2.24, 2.45) is 0 Å². The highest BCUT2D eigenvalue weighted by Gasteiger charge is 2.46. The van der Waals surface area contributed by atoms with E-state index in [1.165, 1.54) is 18.2 Å². The molecule has 2 nitrogen and oxygen atoms in total. The van der Waals surface area contributed by atoms with Gasteiger partial charge in [0.25, 0.3) is 0 Å². The number of aliphatic carboxylic acids is 1. The largest absolute Gasteiger partial charge is 0.481 e. The summed E-state index contributed by atoms with van der Waals surface area (Å²) < 4.78 is 38.8. The van der Waals surface area contributed by atoms with Crippen LogP contribution in [0.3, 0.4) is 0 Å². The topological polar surface area (TPSA) is 37.3 Å². The smallest absolute Gasteiger partial charge is 0.416 e. The van der Waals surface area contributed by atoms with Crippen molar-refractivity contribution in [1.82, 2.24) is 0 Å². The fourth-order valence-corrected chi connectivity index (χ4v) is 2.63. The van der Waals surface area contributed by atoms with E-state index in [1.807, 2.05) is 0 Å². The van der Waals surface area contributed by atoms with Gasteiger partial charge in [-0.3, -0.25) is 4.79 Å². The van der Waals surface area contributed by atoms with Crippen LogP contribution in [0.4, 0.5) is 13.2 Å². The van der Waals surface area contributed by atoms with Crippen LogP contribution >= 0.6 is 0 Å². The van der Waals surface area contributed by atoms with Crippen LogP contribution in [0.1, 0.15) is 36.8 Å². The van der Waals surface area contributed by atoms with Crippen LogP contribution in [0.2, 0.25) is 0 Å². The van der Waals surface area contributed by atoms with E-state index in [1.54, 1.807) is 0 Å². The van der Waals surface area contributed by atoms with Gasteiger partial charge >= 0.3 is 12.1 Å². The first-order valence-corrected chi connectivity index (χ1v) is 5.74. The molecule has 0 bridgehead atoms. The van der Waals surface area contributed by atoms with Gasteiger partial charge < -0.3 is 5.11 Å². The van der Waals surface area contributed by atoms with Gasteiger partial charge in [-0.05, 0) is 24.5 Å². The zero-order valence-corrected chi connectivity index (χ0v) is 9.63. The van der Waals surface area contributed by atoms with E-state index in [0.717, 1.165) is 12.5 Å². The molecule has 1 aliphatic carbocycles. The molecule has 1 aromatic rings. The van der Waals surface area contributed by atoms with Gasteiger partial charge in [0.05, 0.1) is 12.0 Å². The van der Waals surface area contributed by atoms with Crippen molar-refractivity contribution in [3.05, 3.63) is 35.4 Å². The third-order valence-corrected chi connectivity index (χ3v) is 3.60. The number of rotatable bonds is 3. The third kappa shape index (κ3) is 2.21. The minimum absolute atomic E-state index is 0.131. The van der Waals surface area contributed by atoms with Crippen LogP contribution in [0, 0.1) is 0 Å². The van der Waals surface area contributed by atoms with Gasteiger partial charge in [-0.2, -0.15) is 13.2 Å². The highest BCUT2D eigenvalue weighted by Crippen LogP contribution is 2.50. The highest BCUT2D eigenvalue weighted by molar-refractivity contribution is 5.69. The molecule has 1 saturated carbocycles.